The molecular weight excluding hydrogens is 1280 g/mol. The molecule has 580 valence electrons. The SMILES string of the molecule is C.CCC(C)(C)C(=O)OC(C)(C)c1ccccc1.CCC(C)(C)C(=O)OC(C)(c1ccccc1)c1ccccc1.CCC(C)(C)C(=O)OC(CC)(CC)c1ccccc1.CCC(CC)(CC12CC3CC(CC(C3)C1)C2)OC(=O)C(C)(C)CC.CCC(CC)(CC1CCCCC1)OC(=O)C(C)(C)CC. The lowest BCUT2D eigenvalue weighted by Gasteiger charge is -2.59. The van der Waals surface area contributed by atoms with Crippen LogP contribution in [0.1, 0.15) is 350 Å². The maximum absolute atomic E-state index is 12.8. The highest BCUT2D eigenvalue weighted by Crippen LogP contribution is 2.63. The molecule has 0 aliphatic heterocycles. The maximum Gasteiger partial charge on any atom is 0.312 e. The lowest BCUT2D eigenvalue weighted by Crippen LogP contribution is -2.51. The molecule has 0 radical (unpaired) electrons. The van der Waals surface area contributed by atoms with Gasteiger partial charge in [0.2, 0.25) is 0 Å². The van der Waals surface area contributed by atoms with Crippen molar-refractivity contribution in [2.45, 2.75) is 356 Å². The lowest BCUT2D eigenvalue weighted by atomic mass is 9.47. The zero-order valence-electron chi connectivity index (χ0n) is 68.9. The maximum atomic E-state index is 12.8. The standard InChI is InChI=1S/C22H38O2.C20H24O2.C18H34O2.C17H26O2.C15H22O2.CH4/c1-6-20(4,5)19(23)24-22(7-2,8-3)15-21-12-16-9-17(13-21)11-18(10-16)14-21;1-5-19(2,3)18(21)22-20(4,16-12-8-6-9-13-16)17-14-10-7-11-15-17;1-6-17(4,5)16(19)20-18(7-2,8-3)14-15-12-10-9-11-13-15;1-6-16(4,5)15(18)19-17(7-2,8-3)14-12-10-9-11-13-14;1-6-14(2,3)13(16)17-15(4,5)12-10-8-7-9-11-12;/h16-18H,6-15H2,1-5H3;6-15H,5H2,1-4H3;15H,6-14H2,1-5H3;9-13H,6-8H2,1-5H3;7-11H,6H2,1-5H3;1H4. The number of benzene rings is 4. The first-order valence-corrected chi connectivity index (χ1v) is 40.1. The number of carbonyl (C=O) groups is 5. The molecule has 0 spiro atoms. The van der Waals surface area contributed by atoms with E-state index >= 15 is 0 Å². The van der Waals surface area contributed by atoms with Gasteiger partial charge in [0, 0.05) is 0 Å². The van der Waals surface area contributed by atoms with Crippen LogP contribution in [-0.2, 0) is 64.5 Å². The summed E-state index contributed by atoms with van der Waals surface area (Å²) in [6.07, 6.45) is 26.9. The third-order valence-electron chi connectivity index (χ3n) is 25.1. The van der Waals surface area contributed by atoms with E-state index in [9.17, 15) is 24.0 Å². The summed E-state index contributed by atoms with van der Waals surface area (Å²) in [6.45, 7) is 48.5. The van der Waals surface area contributed by atoms with E-state index in [1.807, 2.05) is 232 Å². The zero-order valence-corrected chi connectivity index (χ0v) is 68.9. The Balaban J connectivity index is 0.000000335. The van der Waals surface area contributed by atoms with Crippen molar-refractivity contribution in [2.75, 3.05) is 0 Å². The third-order valence-corrected chi connectivity index (χ3v) is 25.1. The predicted octanol–water partition coefficient (Wildman–Crippen LogP) is 25.8. The van der Waals surface area contributed by atoms with Crippen LogP contribution in [0.4, 0.5) is 0 Å². The molecule has 9 rings (SSSR count). The average Bonchev–Trinajstić information content (AvgIpc) is 0.742. The summed E-state index contributed by atoms with van der Waals surface area (Å²) in [4.78, 5) is 62.3. The Kier molecular flexibility index (Phi) is 35.3. The highest BCUT2D eigenvalue weighted by Gasteiger charge is 2.54. The molecule has 0 N–H and O–H groups in total. The fourth-order valence-corrected chi connectivity index (χ4v) is 15.2. The first-order chi connectivity index (χ1) is 47.7. The van der Waals surface area contributed by atoms with Gasteiger partial charge in [-0.25, -0.2) is 0 Å². The Bertz CT molecular complexity index is 3060. The Morgan fingerprint density at radius 2 is 0.631 bits per heavy atom. The molecule has 5 saturated carbocycles. The summed E-state index contributed by atoms with van der Waals surface area (Å²) in [5.74, 6) is 3.21. The number of carbonyl (C=O) groups excluding carboxylic acids is 5. The molecule has 0 aromatic heterocycles. The van der Waals surface area contributed by atoms with Gasteiger partial charge in [0.1, 0.15) is 22.4 Å². The number of rotatable bonds is 29. The molecular formula is C93H148O10. The Hall–Kier alpha value is -5.77. The molecule has 5 aliphatic rings. The minimum Gasteiger partial charge on any atom is -0.459 e. The van der Waals surface area contributed by atoms with Crippen molar-refractivity contribution in [1.82, 2.24) is 0 Å². The molecule has 10 nitrogen and oxygen atoms in total. The van der Waals surface area contributed by atoms with Crippen LogP contribution in [0.3, 0.4) is 0 Å². The van der Waals surface area contributed by atoms with Crippen LogP contribution < -0.4 is 0 Å². The van der Waals surface area contributed by atoms with E-state index in [1.54, 1.807) is 0 Å². The molecule has 0 heterocycles. The molecule has 0 unspecified atom stereocenters. The van der Waals surface area contributed by atoms with Gasteiger partial charge < -0.3 is 23.7 Å². The number of hydrogen-bond donors (Lipinski definition) is 0. The Morgan fingerprint density at radius 1 is 0.340 bits per heavy atom. The fourth-order valence-electron chi connectivity index (χ4n) is 15.2. The van der Waals surface area contributed by atoms with Crippen LogP contribution in [0.2, 0.25) is 0 Å². The number of hydrogen-bond acceptors (Lipinski definition) is 10. The summed E-state index contributed by atoms with van der Waals surface area (Å²) in [5, 5.41) is 0. The minimum absolute atomic E-state index is 0. The van der Waals surface area contributed by atoms with E-state index in [1.165, 1.54) is 70.6 Å². The van der Waals surface area contributed by atoms with Crippen LogP contribution in [0.15, 0.2) is 121 Å². The van der Waals surface area contributed by atoms with E-state index in [-0.39, 0.29) is 59.3 Å². The monoisotopic (exact) mass is 1430 g/mol. The normalized spacial score (nSPS) is 18.6. The molecule has 5 aliphatic carbocycles. The summed E-state index contributed by atoms with van der Waals surface area (Å²) in [6, 6.07) is 39.7. The van der Waals surface area contributed by atoms with Gasteiger partial charge in [-0.3, -0.25) is 24.0 Å². The lowest BCUT2D eigenvalue weighted by molar-refractivity contribution is -0.182. The quantitative estimate of drug-likeness (QED) is 0.0382. The topological polar surface area (TPSA) is 132 Å². The molecule has 5 fully saturated rings. The summed E-state index contributed by atoms with van der Waals surface area (Å²) in [7, 11) is 0. The van der Waals surface area contributed by atoms with Crippen LogP contribution in [0.5, 0.6) is 0 Å². The largest absolute Gasteiger partial charge is 0.459 e. The van der Waals surface area contributed by atoms with Crippen LogP contribution in [0.25, 0.3) is 0 Å². The second-order valence-electron chi connectivity index (χ2n) is 34.9. The molecule has 0 atom stereocenters. The number of ether oxygens (including phenoxy) is 5. The smallest absolute Gasteiger partial charge is 0.312 e. The second-order valence-corrected chi connectivity index (χ2v) is 34.9. The van der Waals surface area contributed by atoms with Crippen molar-refractivity contribution in [3.05, 3.63) is 144 Å². The zero-order chi connectivity index (χ0) is 76.7. The Morgan fingerprint density at radius 3 is 0.951 bits per heavy atom. The van der Waals surface area contributed by atoms with E-state index < -0.39 is 33.0 Å². The van der Waals surface area contributed by atoms with Crippen molar-refractivity contribution in [2.24, 2.45) is 56.2 Å². The van der Waals surface area contributed by atoms with Gasteiger partial charge >= 0.3 is 29.8 Å². The van der Waals surface area contributed by atoms with Gasteiger partial charge in [0.25, 0.3) is 0 Å². The first kappa shape index (κ1) is 91.4. The molecule has 0 amide bonds. The van der Waals surface area contributed by atoms with Gasteiger partial charge in [0.15, 0.2) is 5.60 Å². The van der Waals surface area contributed by atoms with Gasteiger partial charge in [-0.2, -0.15) is 0 Å². The average molecular weight is 1430 g/mol. The predicted molar refractivity (Wildman–Crippen MR) is 428 cm³/mol. The van der Waals surface area contributed by atoms with Crippen molar-refractivity contribution >= 4 is 29.8 Å². The van der Waals surface area contributed by atoms with Crippen molar-refractivity contribution in [1.29, 1.82) is 0 Å². The van der Waals surface area contributed by atoms with E-state index in [2.05, 4.69) is 55.4 Å². The van der Waals surface area contributed by atoms with E-state index in [4.69, 9.17) is 23.7 Å². The highest BCUT2D eigenvalue weighted by molar-refractivity contribution is 5.78. The second kappa shape index (κ2) is 39.7. The number of esters is 5. The third kappa shape index (κ3) is 25.2. The molecule has 0 saturated heterocycles. The first-order valence-electron chi connectivity index (χ1n) is 40.1. The minimum atomic E-state index is -0.786. The van der Waals surface area contributed by atoms with Crippen LogP contribution in [0, 0.1) is 56.2 Å². The summed E-state index contributed by atoms with van der Waals surface area (Å²) in [5.41, 5.74) is 0.114. The molecule has 10 heteroatoms. The van der Waals surface area contributed by atoms with Crippen molar-refractivity contribution in [3.8, 4) is 0 Å². The van der Waals surface area contributed by atoms with E-state index in [0.717, 1.165) is 129 Å². The van der Waals surface area contributed by atoms with Crippen LogP contribution >= 0.6 is 0 Å². The van der Waals surface area contributed by atoms with Gasteiger partial charge in [-0.05, 0) is 263 Å². The highest BCUT2D eigenvalue weighted by atomic mass is 16.6. The van der Waals surface area contributed by atoms with Crippen LogP contribution in [-0.4, -0.2) is 41.0 Å². The molecule has 4 aromatic rings. The van der Waals surface area contributed by atoms with Crippen molar-refractivity contribution in [3.63, 3.8) is 0 Å². The van der Waals surface area contributed by atoms with E-state index in [0.29, 0.717) is 5.41 Å². The summed E-state index contributed by atoms with van der Waals surface area (Å²) >= 11 is 0. The molecule has 103 heavy (non-hydrogen) atoms. The van der Waals surface area contributed by atoms with Gasteiger partial charge in [0.05, 0.1) is 27.1 Å². The Labute approximate surface area is 629 Å². The molecule has 4 aromatic carbocycles. The summed E-state index contributed by atoms with van der Waals surface area (Å²) < 4.78 is 30.0. The fraction of sp³-hybridized carbons (Fsp3) is 0.688. The van der Waals surface area contributed by atoms with Crippen molar-refractivity contribution < 1.29 is 47.7 Å². The van der Waals surface area contributed by atoms with Gasteiger partial charge in [-0.15, -0.1) is 0 Å². The van der Waals surface area contributed by atoms with Gasteiger partial charge in [-0.1, -0.05) is 237 Å². The molecule has 4 bridgehead atoms.